The van der Waals surface area contributed by atoms with Gasteiger partial charge >= 0.3 is 11.9 Å². The molecular formula is C20H21Cl2NO6. The van der Waals surface area contributed by atoms with Crippen LogP contribution in [0.1, 0.15) is 46.0 Å². The first-order valence-electron chi connectivity index (χ1n) is 8.83. The molecule has 0 spiro atoms. The Morgan fingerprint density at radius 1 is 1.14 bits per heavy atom. The van der Waals surface area contributed by atoms with Gasteiger partial charge in [-0.25, -0.2) is 9.59 Å². The maximum atomic E-state index is 12.5. The van der Waals surface area contributed by atoms with Gasteiger partial charge in [-0.05, 0) is 51.5 Å². The number of halogens is 2. The number of ketones is 1. The Labute approximate surface area is 178 Å². The van der Waals surface area contributed by atoms with Gasteiger partial charge in [0.1, 0.15) is 5.75 Å². The van der Waals surface area contributed by atoms with Crippen LogP contribution < -0.4 is 4.74 Å². The number of ether oxygens (including phenoxy) is 3. The zero-order valence-corrected chi connectivity index (χ0v) is 17.9. The van der Waals surface area contributed by atoms with Crippen LogP contribution in [0.25, 0.3) is 0 Å². The third-order valence-corrected chi connectivity index (χ3v) is 4.60. The molecule has 1 N–H and O–H groups in total. The monoisotopic (exact) mass is 441 g/mol. The lowest BCUT2D eigenvalue weighted by molar-refractivity contribution is -0.149. The number of hydrogen-bond acceptors (Lipinski definition) is 6. The predicted molar refractivity (Wildman–Crippen MR) is 108 cm³/mol. The maximum Gasteiger partial charge on any atom is 0.347 e. The van der Waals surface area contributed by atoms with Gasteiger partial charge in [0.15, 0.2) is 12.7 Å². The van der Waals surface area contributed by atoms with Crippen LogP contribution in [0.2, 0.25) is 10.0 Å². The zero-order chi connectivity index (χ0) is 21.7. The molecule has 0 fully saturated rings. The van der Waals surface area contributed by atoms with Crippen LogP contribution in [-0.4, -0.2) is 42.0 Å². The highest BCUT2D eigenvalue weighted by atomic mass is 35.5. The molecule has 0 aliphatic heterocycles. The van der Waals surface area contributed by atoms with Crippen LogP contribution in [0.4, 0.5) is 0 Å². The number of Topliss-reactive ketones (excluding diaryl/α,β-unsaturated/α-hetero) is 1. The van der Waals surface area contributed by atoms with E-state index in [4.69, 9.17) is 37.4 Å². The second-order valence-corrected chi connectivity index (χ2v) is 7.05. The van der Waals surface area contributed by atoms with E-state index in [1.54, 1.807) is 26.8 Å². The summed E-state index contributed by atoms with van der Waals surface area (Å²) in [5, 5.41) is 0.680. The van der Waals surface area contributed by atoms with E-state index in [1.165, 1.54) is 19.1 Å². The molecule has 0 aliphatic rings. The number of hydrogen-bond donors (Lipinski definition) is 1. The standard InChI is InChI=1S/C20H21Cl2NO6/c1-5-27-20(26)17-10(2)18(23-11(17)3)15(24)9-28-19(25)12(4)29-16-7-6-13(21)8-14(16)22/h6-8,12,23H,5,9H2,1-4H3/t12-/m0/s1. The molecule has 0 bridgehead atoms. The van der Waals surface area contributed by atoms with E-state index >= 15 is 0 Å². The average Bonchev–Trinajstić information content (AvgIpc) is 2.96. The van der Waals surface area contributed by atoms with E-state index in [2.05, 4.69) is 4.98 Å². The van der Waals surface area contributed by atoms with Crippen molar-refractivity contribution in [1.82, 2.24) is 4.98 Å². The number of rotatable bonds is 8. The number of H-pyrrole nitrogens is 1. The van der Waals surface area contributed by atoms with Crippen molar-refractivity contribution in [3.8, 4) is 5.75 Å². The topological polar surface area (TPSA) is 94.7 Å². The van der Waals surface area contributed by atoms with E-state index in [-0.39, 0.29) is 23.1 Å². The second-order valence-electron chi connectivity index (χ2n) is 6.21. The normalized spacial score (nSPS) is 11.7. The molecule has 29 heavy (non-hydrogen) atoms. The van der Waals surface area contributed by atoms with E-state index < -0.39 is 30.4 Å². The van der Waals surface area contributed by atoms with Gasteiger partial charge in [-0.3, -0.25) is 4.79 Å². The van der Waals surface area contributed by atoms with Crippen molar-refractivity contribution in [1.29, 1.82) is 0 Å². The first-order valence-corrected chi connectivity index (χ1v) is 9.59. The summed E-state index contributed by atoms with van der Waals surface area (Å²) in [5.41, 5.74) is 1.44. The van der Waals surface area contributed by atoms with Gasteiger partial charge in [0, 0.05) is 10.7 Å². The fourth-order valence-electron chi connectivity index (χ4n) is 2.67. The summed E-state index contributed by atoms with van der Waals surface area (Å²) in [6, 6.07) is 4.58. The smallest absolute Gasteiger partial charge is 0.347 e. The molecule has 0 aliphatic carbocycles. The highest BCUT2D eigenvalue weighted by Crippen LogP contribution is 2.28. The van der Waals surface area contributed by atoms with E-state index in [9.17, 15) is 14.4 Å². The van der Waals surface area contributed by atoms with Crippen LogP contribution in [0.3, 0.4) is 0 Å². The minimum absolute atomic E-state index is 0.188. The Bertz CT molecular complexity index is 937. The van der Waals surface area contributed by atoms with Crippen molar-refractivity contribution in [2.24, 2.45) is 0 Å². The van der Waals surface area contributed by atoms with Crippen molar-refractivity contribution in [3.05, 3.63) is 50.8 Å². The van der Waals surface area contributed by atoms with Crippen molar-refractivity contribution in [3.63, 3.8) is 0 Å². The highest BCUT2D eigenvalue weighted by molar-refractivity contribution is 6.35. The molecule has 2 aromatic rings. The van der Waals surface area contributed by atoms with Gasteiger partial charge in [-0.15, -0.1) is 0 Å². The van der Waals surface area contributed by atoms with Gasteiger partial charge in [0.05, 0.1) is 22.9 Å². The molecule has 1 aromatic heterocycles. The molecule has 7 nitrogen and oxygen atoms in total. The fraction of sp³-hybridized carbons (Fsp3) is 0.350. The number of aromatic nitrogens is 1. The molecule has 9 heteroatoms. The van der Waals surface area contributed by atoms with Crippen molar-refractivity contribution in [2.75, 3.05) is 13.2 Å². The SMILES string of the molecule is CCOC(=O)c1c(C)[nH]c(C(=O)COC(=O)[C@H](C)Oc2ccc(Cl)cc2Cl)c1C. The van der Waals surface area contributed by atoms with Crippen LogP contribution >= 0.6 is 23.2 Å². The fourth-order valence-corrected chi connectivity index (χ4v) is 3.13. The largest absolute Gasteiger partial charge is 0.477 e. The number of benzene rings is 1. The number of aryl methyl sites for hydroxylation is 1. The molecular weight excluding hydrogens is 421 g/mol. The molecule has 156 valence electrons. The van der Waals surface area contributed by atoms with Crippen LogP contribution in [0, 0.1) is 13.8 Å². The Kier molecular flexibility index (Phi) is 7.70. The molecule has 1 atom stereocenters. The van der Waals surface area contributed by atoms with Crippen molar-refractivity contribution in [2.45, 2.75) is 33.8 Å². The third kappa shape index (κ3) is 5.52. The molecule has 0 radical (unpaired) electrons. The minimum atomic E-state index is -0.997. The van der Waals surface area contributed by atoms with Crippen LogP contribution in [0.5, 0.6) is 5.75 Å². The maximum absolute atomic E-state index is 12.5. The minimum Gasteiger partial charge on any atom is -0.477 e. The number of aromatic amines is 1. The average molecular weight is 442 g/mol. The Balaban J connectivity index is 2.00. The third-order valence-electron chi connectivity index (χ3n) is 4.07. The Hall–Kier alpha value is -2.51. The first-order chi connectivity index (χ1) is 13.6. The van der Waals surface area contributed by atoms with E-state index in [1.807, 2.05) is 0 Å². The Morgan fingerprint density at radius 2 is 1.83 bits per heavy atom. The lowest BCUT2D eigenvalue weighted by Gasteiger charge is -2.14. The van der Waals surface area contributed by atoms with Crippen molar-refractivity contribution < 1.29 is 28.6 Å². The molecule has 0 saturated heterocycles. The molecule has 1 aromatic carbocycles. The van der Waals surface area contributed by atoms with Crippen molar-refractivity contribution >= 4 is 40.9 Å². The summed E-state index contributed by atoms with van der Waals surface area (Å²) >= 11 is 11.8. The van der Waals surface area contributed by atoms with E-state index in [0.717, 1.165) is 0 Å². The summed E-state index contributed by atoms with van der Waals surface area (Å²) in [6.07, 6.45) is -0.997. The lowest BCUT2D eigenvalue weighted by atomic mass is 10.1. The molecule has 0 unspecified atom stereocenters. The van der Waals surface area contributed by atoms with Crippen LogP contribution in [-0.2, 0) is 14.3 Å². The summed E-state index contributed by atoms with van der Waals surface area (Å²) < 4.78 is 15.5. The molecule has 1 heterocycles. The molecule has 0 amide bonds. The number of carbonyl (C=O) groups is 3. The summed E-state index contributed by atoms with van der Waals surface area (Å²) in [6.45, 7) is 6.16. The summed E-state index contributed by atoms with van der Waals surface area (Å²) in [4.78, 5) is 39.5. The van der Waals surface area contributed by atoms with Gasteiger partial charge < -0.3 is 19.2 Å². The van der Waals surface area contributed by atoms with Gasteiger partial charge in [-0.1, -0.05) is 23.2 Å². The van der Waals surface area contributed by atoms with Crippen LogP contribution in [0.15, 0.2) is 18.2 Å². The number of esters is 2. The Morgan fingerprint density at radius 3 is 2.45 bits per heavy atom. The zero-order valence-electron chi connectivity index (χ0n) is 16.4. The number of carbonyl (C=O) groups excluding carboxylic acids is 3. The lowest BCUT2D eigenvalue weighted by Crippen LogP contribution is -2.28. The number of nitrogens with one attached hydrogen (secondary N) is 1. The van der Waals surface area contributed by atoms with Gasteiger partial charge in [0.25, 0.3) is 0 Å². The van der Waals surface area contributed by atoms with Gasteiger partial charge in [0.2, 0.25) is 5.78 Å². The second kappa shape index (κ2) is 9.80. The van der Waals surface area contributed by atoms with Gasteiger partial charge in [-0.2, -0.15) is 0 Å². The predicted octanol–water partition coefficient (Wildman–Crippen LogP) is 4.31. The highest BCUT2D eigenvalue weighted by Gasteiger charge is 2.25. The quantitative estimate of drug-likeness (QED) is 0.484. The van der Waals surface area contributed by atoms with E-state index in [0.29, 0.717) is 21.8 Å². The first kappa shape index (κ1) is 22.8. The molecule has 2 rings (SSSR count). The molecule has 0 saturated carbocycles. The summed E-state index contributed by atoms with van der Waals surface area (Å²) in [7, 11) is 0. The summed E-state index contributed by atoms with van der Waals surface area (Å²) in [5.74, 6) is -1.47.